The van der Waals surface area contributed by atoms with E-state index in [4.69, 9.17) is 10.2 Å². The van der Waals surface area contributed by atoms with E-state index < -0.39 is 0 Å². The highest BCUT2D eigenvalue weighted by atomic mass is 16.3. The summed E-state index contributed by atoms with van der Waals surface area (Å²) in [5, 5.41) is 0. The monoisotopic (exact) mass is 210 g/mol. The number of hydrogen-bond acceptors (Lipinski definition) is 3. The van der Waals surface area contributed by atoms with Crippen LogP contribution >= 0.6 is 0 Å². The van der Waals surface area contributed by atoms with Gasteiger partial charge < -0.3 is 10.2 Å². The SMILES string of the molecule is CCN(CC(C)C)C(CN)c1ccoc1. The molecule has 0 spiro atoms. The molecule has 0 bridgehead atoms. The van der Waals surface area contributed by atoms with E-state index in [1.807, 2.05) is 6.07 Å². The lowest BCUT2D eigenvalue weighted by atomic mass is 10.1. The fraction of sp³-hybridized carbons (Fsp3) is 0.667. The Morgan fingerprint density at radius 1 is 1.47 bits per heavy atom. The van der Waals surface area contributed by atoms with Crippen LogP contribution in [0.2, 0.25) is 0 Å². The van der Waals surface area contributed by atoms with Crippen molar-refractivity contribution < 1.29 is 4.42 Å². The van der Waals surface area contributed by atoms with Gasteiger partial charge in [-0.25, -0.2) is 0 Å². The Morgan fingerprint density at radius 2 is 2.20 bits per heavy atom. The third-order valence-electron chi connectivity index (χ3n) is 2.60. The van der Waals surface area contributed by atoms with Crippen molar-refractivity contribution in [1.29, 1.82) is 0 Å². The lowest BCUT2D eigenvalue weighted by molar-refractivity contribution is 0.188. The number of likely N-dealkylation sites (N-methyl/N-ethyl adjacent to an activating group) is 1. The van der Waals surface area contributed by atoms with E-state index in [1.54, 1.807) is 12.5 Å². The van der Waals surface area contributed by atoms with E-state index >= 15 is 0 Å². The predicted molar refractivity (Wildman–Crippen MR) is 62.6 cm³/mol. The Bertz CT molecular complexity index is 257. The molecule has 0 aliphatic rings. The van der Waals surface area contributed by atoms with Crippen LogP contribution < -0.4 is 5.73 Å². The van der Waals surface area contributed by atoms with Crippen molar-refractivity contribution in [2.24, 2.45) is 11.7 Å². The van der Waals surface area contributed by atoms with Gasteiger partial charge in [-0.05, 0) is 18.5 Å². The Hall–Kier alpha value is -0.800. The van der Waals surface area contributed by atoms with Gasteiger partial charge in [0.1, 0.15) is 0 Å². The van der Waals surface area contributed by atoms with E-state index in [9.17, 15) is 0 Å². The normalized spacial score (nSPS) is 13.7. The number of nitrogens with two attached hydrogens (primary N) is 1. The number of hydrogen-bond donors (Lipinski definition) is 1. The van der Waals surface area contributed by atoms with Crippen LogP contribution in [0, 0.1) is 5.92 Å². The summed E-state index contributed by atoms with van der Waals surface area (Å²) >= 11 is 0. The summed E-state index contributed by atoms with van der Waals surface area (Å²) < 4.78 is 5.11. The van der Waals surface area contributed by atoms with E-state index in [-0.39, 0.29) is 6.04 Å². The van der Waals surface area contributed by atoms with Gasteiger partial charge in [-0.2, -0.15) is 0 Å². The van der Waals surface area contributed by atoms with Gasteiger partial charge in [0.2, 0.25) is 0 Å². The minimum absolute atomic E-state index is 0.288. The lowest BCUT2D eigenvalue weighted by Gasteiger charge is -2.30. The van der Waals surface area contributed by atoms with Crippen molar-refractivity contribution in [3.8, 4) is 0 Å². The first-order valence-corrected chi connectivity index (χ1v) is 5.65. The molecule has 2 N–H and O–H groups in total. The maximum atomic E-state index is 5.83. The van der Waals surface area contributed by atoms with Crippen molar-refractivity contribution in [3.05, 3.63) is 24.2 Å². The van der Waals surface area contributed by atoms with Gasteiger partial charge in [0, 0.05) is 18.7 Å². The molecule has 0 saturated carbocycles. The van der Waals surface area contributed by atoms with Crippen LogP contribution in [0.4, 0.5) is 0 Å². The van der Waals surface area contributed by atoms with Crippen molar-refractivity contribution in [2.45, 2.75) is 26.8 Å². The van der Waals surface area contributed by atoms with Crippen molar-refractivity contribution in [2.75, 3.05) is 19.6 Å². The summed E-state index contributed by atoms with van der Waals surface area (Å²) in [5.74, 6) is 0.658. The largest absolute Gasteiger partial charge is 0.472 e. The maximum absolute atomic E-state index is 5.83. The first-order chi connectivity index (χ1) is 7.19. The molecule has 1 aromatic heterocycles. The van der Waals surface area contributed by atoms with Crippen molar-refractivity contribution >= 4 is 0 Å². The third kappa shape index (κ3) is 3.36. The van der Waals surface area contributed by atoms with Gasteiger partial charge in [-0.3, -0.25) is 4.90 Å². The zero-order valence-corrected chi connectivity index (χ0v) is 9.94. The van der Waals surface area contributed by atoms with Gasteiger partial charge in [-0.1, -0.05) is 20.8 Å². The Labute approximate surface area is 92.2 Å². The molecule has 1 atom stereocenters. The summed E-state index contributed by atoms with van der Waals surface area (Å²) in [7, 11) is 0. The number of furan rings is 1. The number of rotatable bonds is 6. The molecule has 3 nitrogen and oxygen atoms in total. The molecule has 0 aliphatic carbocycles. The van der Waals surface area contributed by atoms with E-state index in [2.05, 4.69) is 25.7 Å². The first-order valence-electron chi connectivity index (χ1n) is 5.65. The molecule has 86 valence electrons. The second-order valence-electron chi connectivity index (χ2n) is 4.29. The molecule has 1 rings (SSSR count). The van der Waals surface area contributed by atoms with Gasteiger partial charge in [0.15, 0.2) is 0 Å². The highest BCUT2D eigenvalue weighted by molar-refractivity contribution is 5.12. The summed E-state index contributed by atoms with van der Waals surface area (Å²) in [6, 6.07) is 2.29. The van der Waals surface area contributed by atoms with Crippen LogP contribution in [0.25, 0.3) is 0 Å². The molecule has 0 aromatic carbocycles. The van der Waals surface area contributed by atoms with Crippen molar-refractivity contribution in [1.82, 2.24) is 4.90 Å². The van der Waals surface area contributed by atoms with Gasteiger partial charge in [-0.15, -0.1) is 0 Å². The Morgan fingerprint density at radius 3 is 2.60 bits per heavy atom. The van der Waals surface area contributed by atoms with Crippen molar-refractivity contribution in [3.63, 3.8) is 0 Å². The zero-order chi connectivity index (χ0) is 11.3. The molecule has 0 saturated heterocycles. The van der Waals surface area contributed by atoms with Crippen LogP contribution in [0.15, 0.2) is 23.0 Å². The molecule has 1 unspecified atom stereocenters. The van der Waals surface area contributed by atoms with E-state index in [0.29, 0.717) is 12.5 Å². The fourth-order valence-electron chi connectivity index (χ4n) is 1.91. The summed E-state index contributed by atoms with van der Waals surface area (Å²) in [6.07, 6.45) is 3.50. The van der Waals surface area contributed by atoms with Gasteiger partial charge in [0.25, 0.3) is 0 Å². The molecule has 1 heterocycles. The molecule has 3 heteroatoms. The molecule has 1 aromatic rings. The fourth-order valence-corrected chi connectivity index (χ4v) is 1.91. The second kappa shape index (κ2) is 5.93. The van der Waals surface area contributed by atoms with Gasteiger partial charge >= 0.3 is 0 Å². The molecular weight excluding hydrogens is 188 g/mol. The second-order valence-corrected chi connectivity index (χ2v) is 4.29. The lowest BCUT2D eigenvalue weighted by Crippen LogP contribution is -2.36. The van der Waals surface area contributed by atoms with E-state index in [1.165, 1.54) is 5.56 Å². The highest BCUT2D eigenvalue weighted by Crippen LogP contribution is 2.20. The molecule has 0 fully saturated rings. The molecule has 15 heavy (non-hydrogen) atoms. The molecule has 0 amide bonds. The number of nitrogens with zero attached hydrogens (tertiary/aromatic N) is 1. The summed E-state index contributed by atoms with van der Waals surface area (Å²) in [5.41, 5.74) is 7.01. The van der Waals surface area contributed by atoms with Crippen LogP contribution in [-0.4, -0.2) is 24.5 Å². The van der Waals surface area contributed by atoms with Gasteiger partial charge in [0.05, 0.1) is 18.6 Å². The minimum atomic E-state index is 0.288. The van der Waals surface area contributed by atoms with Crippen LogP contribution in [-0.2, 0) is 0 Å². The third-order valence-corrected chi connectivity index (χ3v) is 2.60. The first kappa shape index (κ1) is 12.3. The minimum Gasteiger partial charge on any atom is -0.472 e. The van der Waals surface area contributed by atoms with Crippen LogP contribution in [0.5, 0.6) is 0 Å². The highest BCUT2D eigenvalue weighted by Gasteiger charge is 2.19. The van der Waals surface area contributed by atoms with Crippen LogP contribution in [0.1, 0.15) is 32.4 Å². The molecule has 0 aliphatic heterocycles. The quantitative estimate of drug-likeness (QED) is 0.783. The van der Waals surface area contributed by atoms with E-state index in [0.717, 1.165) is 13.1 Å². The average Bonchev–Trinajstić information content (AvgIpc) is 2.70. The molecule has 0 radical (unpaired) electrons. The average molecular weight is 210 g/mol. The summed E-state index contributed by atoms with van der Waals surface area (Å²) in [6.45, 7) is 9.36. The smallest absolute Gasteiger partial charge is 0.0950 e. The van der Waals surface area contributed by atoms with Crippen LogP contribution in [0.3, 0.4) is 0 Å². The summed E-state index contributed by atoms with van der Waals surface area (Å²) in [4.78, 5) is 2.40. The topological polar surface area (TPSA) is 42.4 Å². The predicted octanol–water partition coefficient (Wildman–Crippen LogP) is 2.26. The molecular formula is C12H22N2O. The Kier molecular flexibility index (Phi) is 4.85. The standard InChI is InChI=1S/C12H22N2O/c1-4-14(8-10(2)3)12(7-13)11-5-6-15-9-11/h5-6,9-10,12H,4,7-8,13H2,1-3H3. The zero-order valence-electron chi connectivity index (χ0n) is 9.94. The maximum Gasteiger partial charge on any atom is 0.0950 e. The Balaban J connectivity index is 2.71.